The summed E-state index contributed by atoms with van der Waals surface area (Å²) in [6.07, 6.45) is 8.97. The molecule has 0 bridgehead atoms. The summed E-state index contributed by atoms with van der Waals surface area (Å²) >= 11 is 0. The van der Waals surface area contributed by atoms with Gasteiger partial charge in [-0.2, -0.15) is 0 Å². The minimum atomic E-state index is 1.13. The van der Waals surface area contributed by atoms with Crippen LogP contribution >= 0.6 is 0 Å². The Kier molecular flexibility index (Phi) is 7.79. The molecule has 1 heteroatoms. The molecule has 1 heterocycles. The maximum Gasteiger partial charge on any atom is 0.0147 e. The van der Waals surface area contributed by atoms with Crippen LogP contribution in [0, 0.1) is 0 Å². The van der Waals surface area contributed by atoms with E-state index in [0.717, 1.165) is 6.54 Å². The second-order valence-corrected chi connectivity index (χ2v) is 3.78. The van der Waals surface area contributed by atoms with Gasteiger partial charge in [0.1, 0.15) is 0 Å². The number of rotatable bonds is 2. The molecule has 0 atom stereocenters. The van der Waals surface area contributed by atoms with Crippen molar-refractivity contribution in [1.29, 1.82) is 0 Å². The lowest BCUT2D eigenvalue weighted by Crippen LogP contribution is -2.18. The van der Waals surface area contributed by atoms with Crippen molar-refractivity contribution < 1.29 is 0 Å². The lowest BCUT2D eigenvalue weighted by atomic mass is 10.0. The monoisotopic (exact) mass is 207 g/mol. The van der Waals surface area contributed by atoms with Crippen LogP contribution in [-0.2, 0) is 0 Å². The Balaban J connectivity index is 0.000000921. The third kappa shape index (κ3) is 6.16. The summed E-state index contributed by atoms with van der Waals surface area (Å²) in [6, 6.07) is 0. The molecule has 1 N–H and O–H groups in total. The van der Waals surface area contributed by atoms with Gasteiger partial charge in [0.05, 0.1) is 0 Å². The topological polar surface area (TPSA) is 12.0 Å². The van der Waals surface area contributed by atoms with E-state index >= 15 is 0 Å². The van der Waals surface area contributed by atoms with Gasteiger partial charge >= 0.3 is 0 Å². The quantitative estimate of drug-likeness (QED) is 0.669. The van der Waals surface area contributed by atoms with E-state index < -0.39 is 0 Å². The summed E-state index contributed by atoms with van der Waals surface area (Å²) in [4.78, 5) is 0. The van der Waals surface area contributed by atoms with Crippen LogP contribution < -0.4 is 5.32 Å². The van der Waals surface area contributed by atoms with Gasteiger partial charge in [0.25, 0.3) is 0 Å². The Morgan fingerprint density at radius 2 is 1.93 bits per heavy atom. The molecular weight excluding hydrogens is 182 g/mol. The molecule has 1 aliphatic heterocycles. The minimum absolute atomic E-state index is 1.13. The molecule has 0 fully saturated rings. The molecule has 1 nitrogen and oxygen atoms in total. The second-order valence-electron chi connectivity index (χ2n) is 3.78. The van der Waals surface area contributed by atoms with Gasteiger partial charge in [-0.3, -0.25) is 0 Å². The largest absolute Gasteiger partial charge is 0.388 e. The molecular formula is C14H25N. The molecule has 0 aliphatic carbocycles. The van der Waals surface area contributed by atoms with Gasteiger partial charge in [0, 0.05) is 12.2 Å². The molecule has 15 heavy (non-hydrogen) atoms. The van der Waals surface area contributed by atoms with Gasteiger partial charge in [0.2, 0.25) is 0 Å². The van der Waals surface area contributed by atoms with Crippen LogP contribution in [-0.4, -0.2) is 6.54 Å². The van der Waals surface area contributed by atoms with Crippen LogP contribution in [0.4, 0.5) is 0 Å². The molecule has 0 saturated heterocycles. The molecule has 0 radical (unpaired) electrons. The number of allylic oxidation sites excluding steroid dienone is 6. The number of hydrogen-bond acceptors (Lipinski definition) is 1. The fourth-order valence-electron chi connectivity index (χ4n) is 1.42. The van der Waals surface area contributed by atoms with Crippen LogP contribution in [0.25, 0.3) is 0 Å². The molecule has 0 unspecified atom stereocenters. The Hall–Kier alpha value is -0.980. The summed E-state index contributed by atoms with van der Waals surface area (Å²) in [5.74, 6) is 0. The normalized spacial score (nSPS) is 15.5. The maximum atomic E-state index is 3.38. The Bertz CT molecular complexity index is 253. The fraction of sp³-hybridized carbons (Fsp3) is 0.571. The number of nitrogens with one attached hydrogen (secondary N) is 1. The zero-order valence-corrected chi connectivity index (χ0v) is 10.9. The molecule has 1 aliphatic rings. The lowest BCUT2D eigenvalue weighted by Gasteiger charge is -2.16. The third-order valence-corrected chi connectivity index (χ3v) is 2.22. The van der Waals surface area contributed by atoms with Crippen LogP contribution in [0.3, 0.4) is 0 Å². The zero-order valence-electron chi connectivity index (χ0n) is 10.9. The average Bonchev–Trinajstić information content (AvgIpc) is 2.23. The van der Waals surface area contributed by atoms with Crippen LogP contribution in [0.1, 0.15) is 47.5 Å². The van der Waals surface area contributed by atoms with E-state index in [-0.39, 0.29) is 0 Å². The summed E-state index contributed by atoms with van der Waals surface area (Å²) < 4.78 is 0. The molecule has 0 aromatic carbocycles. The molecule has 1 rings (SSSR count). The van der Waals surface area contributed by atoms with Gasteiger partial charge in [-0.05, 0) is 39.2 Å². The lowest BCUT2D eigenvalue weighted by molar-refractivity contribution is 0.672. The van der Waals surface area contributed by atoms with Crippen molar-refractivity contribution in [2.75, 3.05) is 6.54 Å². The maximum absolute atomic E-state index is 3.38. The molecule has 86 valence electrons. The van der Waals surface area contributed by atoms with Crippen molar-refractivity contribution in [3.8, 4) is 0 Å². The highest BCUT2D eigenvalue weighted by Gasteiger charge is 2.03. The summed E-state index contributed by atoms with van der Waals surface area (Å²) in [6.45, 7) is 11.5. The molecule has 0 aromatic heterocycles. The van der Waals surface area contributed by atoms with Crippen LogP contribution in [0.5, 0.6) is 0 Å². The summed E-state index contributed by atoms with van der Waals surface area (Å²) in [5.41, 5.74) is 4.13. The van der Waals surface area contributed by atoms with Crippen LogP contribution in [0.15, 0.2) is 35.1 Å². The first-order valence-electron chi connectivity index (χ1n) is 5.95. The summed E-state index contributed by atoms with van der Waals surface area (Å²) in [5, 5.41) is 3.38. The molecule has 0 spiro atoms. The fourth-order valence-corrected chi connectivity index (χ4v) is 1.42. The smallest absolute Gasteiger partial charge is 0.0147 e. The molecule has 0 aromatic rings. The highest BCUT2D eigenvalue weighted by Crippen LogP contribution is 2.15. The van der Waals surface area contributed by atoms with Crippen molar-refractivity contribution >= 4 is 0 Å². The Morgan fingerprint density at radius 1 is 1.27 bits per heavy atom. The first kappa shape index (κ1) is 14.0. The Labute approximate surface area is 95.0 Å². The molecule has 0 saturated carbocycles. The second kappa shape index (κ2) is 8.34. The van der Waals surface area contributed by atoms with Crippen molar-refractivity contribution in [2.45, 2.75) is 47.5 Å². The van der Waals surface area contributed by atoms with Crippen molar-refractivity contribution in [1.82, 2.24) is 5.32 Å². The van der Waals surface area contributed by atoms with Crippen molar-refractivity contribution in [3.63, 3.8) is 0 Å². The predicted molar refractivity (Wildman–Crippen MR) is 69.9 cm³/mol. The van der Waals surface area contributed by atoms with E-state index in [2.05, 4.69) is 44.3 Å². The summed E-state index contributed by atoms with van der Waals surface area (Å²) in [7, 11) is 0. The van der Waals surface area contributed by atoms with Crippen molar-refractivity contribution in [3.05, 3.63) is 35.1 Å². The van der Waals surface area contributed by atoms with Gasteiger partial charge < -0.3 is 5.32 Å². The highest BCUT2D eigenvalue weighted by molar-refractivity contribution is 5.28. The first-order valence-corrected chi connectivity index (χ1v) is 5.95. The average molecular weight is 207 g/mol. The van der Waals surface area contributed by atoms with E-state index in [0.29, 0.717) is 0 Å². The minimum Gasteiger partial charge on any atom is -0.388 e. The van der Waals surface area contributed by atoms with Crippen LogP contribution in [0.2, 0.25) is 0 Å². The van der Waals surface area contributed by atoms with E-state index in [1.165, 1.54) is 29.7 Å². The van der Waals surface area contributed by atoms with E-state index in [1.54, 1.807) is 0 Å². The predicted octanol–water partition coefficient (Wildman–Crippen LogP) is 4.19. The van der Waals surface area contributed by atoms with Gasteiger partial charge in [0.15, 0.2) is 0 Å². The van der Waals surface area contributed by atoms with Gasteiger partial charge in [-0.15, -0.1) is 0 Å². The Morgan fingerprint density at radius 3 is 2.47 bits per heavy atom. The third-order valence-electron chi connectivity index (χ3n) is 2.22. The molecule has 0 amide bonds. The van der Waals surface area contributed by atoms with E-state index in [1.807, 2.05) is 13.8 Å². The van der Waals surface area contributed by atoms with Gasteiger partial charge in [-0.25, -0.2) is 0 Å². The standard InChI is InChI=1S/C12H19N.C2H6/c1-10(2)6-4-7-12-8-5-9-13-11(12)3;1-2/h4,6-7,13H,5,8-9H2,1-3H3;1-2H3/b7-4-;. The SMILES string of the molecule is CC.CC(C)=C/C=C\C1=C(C)NCCC1. The highest BCUT2D eigenvalue weighted by atomic mass is 14.9. The number of hydrogen-bond donors (Lipinski definition) is 1. The van der Waals surface area contributed by atoms with Gasteiger partial charge in [-0.1, -0.05) is 37.6 Å². The first-order chi connectivity index (χ1) is 7.20. The van der Waals surface area contributed by atoms with Crippen molar-refractivity contribution in [2.24, 2.45) is 0 Å². The van der Waals surface area contributed by atoms with E-state index in [4.69, 9.17) is 0 Å². The van der Waals surface area contributed by atoms with E-state index in [9.17, 15) is 0 Å². The zero-order chi connectivity index (χ0) is 11.7.